The predicted molar refractivity (Wildman–Crippen MR) is 138 cm³/mol. The lowest BCUT2D eigenvalue weighted by Crippen LogP contribution is -2.43. The number of nitrogens with zero attached hydrogens (tertiary/aromatic N) is 1. The molecule has 0 radical (unpaired) electrons. The number of piperidine rings is 1. The first-order chi connectivity index (χ1) is 14.0. The lowest BCUT2D eigenvalue weighted by atomic mass is 9.82. The molecular formula is C28H59N. The highest BCUT2D eigenvalue weighted by molar-refractivity contribution is 5.07. The van der Waals surface area contributed by atoms with Gasteiger partial charge in [0.2, 0.25) is 0 Å². The van der Waals surface area contributed by atoms with Crippen LogP contribution in [0.2, 0.25) is 0 Å². The van der Waals surface area contributed by atoms with Crippen LogP contribution in [-0.2, 0) is 0 Å². The first-order valence-corrected chi connectivity index (χ1v) is 13.2. The Morgan fingerprint density at radius 3 is 1.48 bits per heavy atom. The van der Waals surface area contributed by atoms with E-state index in [0.29, 0.717) is 11.8 Å². The SMILES string of the molecule is CC.CC.CC.CC(C)C#CC1CCC(N2CCC(C(C)C)CC2)CC1.CCC. The minimum atomic E-state index is 0.530. The highest BCUT2D eigenvalue weighted by Crippen LogP contribution is 2.31. The zero-order valence-electron chi connectivity index (χ0n) is 22.7. The summed E-state index contributed by atoms with van der Waals surface area (Å²) in [6.07, 6.45) is 9.51. The molecular weight excluding hydrogens is 350 g/mol. The highest BCUT2D eigenvalue weighted by Gasteiger charge is 2.29. The number of hydrogen-bond donors (Lipinski definition) is 0. The molecule has 2 rings (SSSR count). The van der Waals surface area contributed by atoms with Crippen LogP contribution in [0.25, 0.3) is 0 Å². The van der Waals surface area contributed by atoms with E-state index in [1.165, 1.54) is 58.0 Å². The van der Waals surface area contributed by atoms with E-state index in [4.69, 9.17) is 0 Å². The molecule has 0 N–H and O–H groups in total. The summed E-state index contributed by atoms with van der Waals surface area (Å²) in [7, 11) is 0. The topological polar surface area (TPSA) is 3.24 Å². The van der Waals surface area contributed by atoms with Gasteiger partial charge in [-0.1, -0.05) is 95.4 Å². The Morgan fingerprint density at radius 2 is 1.14 bits per heavy atom. The van der Waals surface area contributed by atoms with Crippen LogP contribution in [0.15, 0.2) is 0 Å². The van der Waals surface area contributed by atoms with Crippen LogP contribution in [-0.4, -0.2) is 24.0 Å². The monoisotopic (exact) mass is 409 g/mol. The van der Waals surface area contributed by atoms with Crippen molar-refractivity contribution in [2.24, 2.45) is 23.7 Å². The van der Waals surface area contributed by atoms with Crippen molar-refractivity contribution in [1.29, 1.82) is 0 Å². The van der Waals surface area contributed by atoms with Crippen molar-refractivity contribution in [3.8, 4) is 11.8 Å². The lowest BCUT2D eigenvalue weighted by Gasteiger charge is -2.41. The number of rotatable bonds is 2. The quantitative estimate of drug-likeness (QED) is 0.411. The molecule has 0 spiro atoms. The minimum Gasteiger partial charge on any atom is -0.300 e. The van der Waals surface area contributed by atoms with E-state index in [1.807, 2.05) is 41.5 Å². The molecule has 1 aliphatic heterocycles. The Kier molecular flexibility index (Phi) is 27.2. The largest absolute Gasteiger partial charge is 0.300 e. The maximum Gasteiger partial charge on any atom is 0.0204 e. The van der Waals surface area contributed by atoms with E-state index in [2.05, 4.69) is 58.3 Å². The molecule has 1 heteroatoms. The van der Waals surface area contributed by atoms with Crippen molar-refractivity contribution in [1.82, 2.24) is 4.90 Å². The standard InChI is InChI=1S/C19H33N.C3H8.3C2H6/c1-15(2)5-6-17-7-9-19(10-8-17)20-13-11-18(12-14-20)16(3)4;1-3-2;3*1-2/h15-19H,7-14H2,1-4H3;3H2,1-2H3;3*1-2H3. The fourth-order valence-electron chi connectivity index (χ4n) is 3.82. The summed E-state index contributed by atoms with van der Waals surface area (Å²) >= 11 is 0. The van der Waals surface area contributed by atoms with Gasteiger partial charge in [0.25, 0.3) is 0 Å². The van der Waals surface area contributed by atoms with E-state index in [-0.39, 0.29) is 0 Å². The lowest BCUT2D eigenvalue weighted by molar-refractivity contribution is 0.0883. The maximum atomic E-state index is 3.50. The zero-order valence-corrected chi connectivity index (χ0v) is 22.7. The van der Waals surface area contributed by atoms with Gasteiger partial charge in [-0.3, -0.25) is 0 Å². The van der Waals surface area contributed by atoms with Crippen LogP contribution < -0.4 is 0 Å². The number of likely N-dealkylation sites (tertiary alicyclic amines) is 1. The van der Waals surface area contributed by atoms with Crippen molar-refractivity contribution in [3.05, 3.63) is 0 Å². The zero-order chi connectivity index (χ0) is 23.2. The van der Waals surface area contributed by atoms with Crippen LogP contribution >= 0.6 is 0 Å². The Balaban J connectivity index is -0.000000656. The van der Waals surface area contributed by atoms with Crippen molar-refractivity contribution in [2.75, 3.05) is 13.1 Å². The van der Waals surface area contributed by atoms with Gasteiger partial charge in [0.15, 0.2) is 0 Å². The molecule has 1 saturated heterocycles. The van der Waals surface area contributed by atoms with Gasteiger partial charge < -0.3 is 4.90 Å². The second-order valence-electron chi connectivity index (χ2n) is 8.27. The summed E-state index contributed by atoms with van der Waals surface area (Å²) < 4.78 is 0. The van der Waals surface area contributed by atoms with Crippen LogP contribution in [0.1, 0.15) is 128 Å². The fraction of sp³-hybridized carbons (Fsp3) is 0.929. The molecule has 1 nitrogen and oxygen atoms in total. The third-order valence-corrected chi connectivity index (χ3v) is 5.31. The highest BCUT2D eigenvalue weighted by atomic mass is 15.2. The third kappa shape index (κ3) is 16.9. The molecule has 0 unspecified atom stereocenters. The Hall–Kier alpha value is -0.480. The van der Waals surface area contributed by atoms with Crippen LogP contribution in [0.4, 0.5) is 0 Å². The number of hydrogen-bond acceptors (Lipinski definition) is 1. The van der Waals surface area contributed by atoms with E-state index >= 15 is 0 Å². The molecule has 0 atom stereocenters. The van der Waals surface area contributed by atoms with E-state index in [0.717, 1.165) is 17.9 Å². The summed E-state index contributed by atoms with van der Waals surface area (Å²) in [5, 5.41) is 0. The second kappa shape index (κ2) is 23.8. The molecule has 0 aromatic rings. The average Bonchev–Trinajstić information content (AvgIpc) is 2.77. The van der Waals surface area contributed by atoms with Gasteiger partial charge in [0, 0.05) is 17.9 Å². The fourth-order valence-corrected chi connectivity index (χ4v) is 3.82. The first-order valence-electron chi connectivity index (χ1n) is 13.2. The van der Waals surface area contributed by atoms with Gasteiger partial charge >= 0.3 is 0 Å². The normalized spacial score (nSPS) is 21.6. The Morgan fingerprint density at radius 1 is 0.724 bits per heavy atom. The van der Waals surface area contributed by atoms with Gasteiger partial charge in [-0.2, -0.15) is 0 Å². The predicted octanol–water partition coefficient (Wildman–Crippen LogP) is 9.07. The van der Waals surface area contributed by atoms with Gasteiger partial charge in [0.1, 0.15) is 0 Å². The van der Waals surface area contributed by atoms with Crippen molar-refractivity contribution in [3.63, 3.8) is 0 Å². The molecule has 29 heavy (non-hydrogen) atoms. The Labute approximate surface area is 187 Å². The van der Waals surface area contributed by atoms with Gasteiger partial charge in [-0.15, -0.1) is 5.92 Å². The maximum absolute atomic E-state index is 3.50. The second-order valence-corrected chi connectivity index (χ2v) is 8.27. The van der Waals surface area contributed by atoms with Crippen molar-refractivity contribution >= 4 is 0 Å². The molecule has 1 heterocycles. The van der Waals surface area contributed by atoms with Gasteiger partial charge in [-0.05, 0) is 63.5 Å². The first kappa shape index (κ1) is 33.2. The van der Waals surface area contributed by atoms with Crippen LogP contribution in [0.5, 0.6) is 0 Å². The molecule has 0 aromatic heterocycles. The van der Waals surface area contributed by atoms with Crippen molar-refractivity contribution in [2.45, 2.75) is 134 Å². The molecule has 1 aliphatic carbocycles. The summed E-state index contributed by atoms with van der Waals surface area (Å²) in [6.45, 7) is 28.1. The van der Waals surface area contributed by atoms with Gasteiger partial charge in [-0.25, -0.2) is 0 Å². The molecule has 176 valence electrons. The smallest absolute Gasteiger partial charge is 0.0204 e. The minimum absolute atomic E-state index is 0.530. The average molecular weight is 410 g/mol. The van der Waals surface area contributed by atoms with E-state index in [9.17, 15) is 0 Å². The van der Waals surface area contributed by atoms with Crippen LogP contribution in [0.3, 0.4) is 0 Å². The molecule has 2 aliphatic rings. The van der Waals surface area contributed by atoms with E-state index < -0.39 is 0 Å². The third-order valence-electron chi connectivity index (χ3n) is 5.31. The van der Waals surface area contributed by atoms with Gasteiger partial charge in [0.05, 0.1) is 0 Å². The summed E-state index contributed by atoms with van der Waals surface area (Å²) in [4.78, 5) is 2.78. The van der Waals surface area contributed by atoms with E-state index in [1.54, 1.807) is 0 Å². The molecule has 2 fully saturated rings. The molecule has 0 amide bonds. The van der Waals surface area contributed by atoms with Crippen molar-refractivity contribution < 1.29 is 0 Å². The molecule has 1 saturated carbocycles. The summed E-state index contributed by atoms with van der Waals surface area (Å²) in [5.74, 6) is 9.92. The summed E-state index contributed by atoms with van der Waals surface area (Å²) in [5.41, 5.74) is 0. The molecule has 0 bridgehead atoms. The molecule has 0 aromatic carbocycles. The van der Waals surface area contributed by atoms with Crippen LogP contribution in [0, 0.1) is 35.5 Å². The Bertz CT molecular complexity index is 344. The summed E-state index contributed by atoms with van der Waals surface area (Å²) in [6, 6.07) is 0.861.